The van der Waals surface area contributed by atoms with E-state index in [1.807, 2.05) is 72.8 Å². The van der Waals surface area contributed by atoms with Crippen molar-refractivity contribution in [2.24, 2.45) is 0 Å². The number of hydrogen-bond acceptors (Lipinski definition) is 8. The number of aromatic nitrogens is 2. The number of nitriles is 1. The first kappa shape index (κ1) is 25.3. The van der Waals surface area contributed by atoms with Gasteiger partial charge < -0.3 is 9.73 Å². The van der Waals surface area contributed by atoms with E-state index in [2.05, 4.69) is 46.8 Å². The van der Waals surface area contributed by atoms with Gasteiger partial charge in [0.2, 0.25) is 16.9 Å². The molecule has 2 heterocycles. The largest absolute Gasteiger partial charge is 0.438 e. The van der Waals surface area contributed by atoms with E-state index >= 15 is 0 Å². The van der Waals surface area contributed by atoms with Gasteiger partial charge in [0.15, 0.2) is 4.34 Å². The van der Waals surface area contributed by atoms with E-state index < -0.39 is 0 Å². The molecule has 0 saturated carbocycles. The highest BCUT2D eigenvalue weighted by Crippen LogP contribution is 2.41. The number of anilines is 3. The average molecular weight is 538 g/mol. The molecule has 0 fully saturated rings. The molecular formula is C29H23N5O2S2. The molecule has 0 atom stereocenters. The Balaban J connectivity index is 1.32. The maximum Gasteiger partial charge on any atom is 0.237 e. The second-order valence-corrected chi connectivity index (χ2v) is 10.6. The third-order valence-corrected chi connectivity index (χ3v) is 7.92. The molecule has 0 radical (unpaired) electrons. The van der Waals surface area contributed by atoms with Crippen LogP contribution in [-0.2, 0) is 4.79 Å². The van der Waals surface area contributed by atoms with Crippen molar-refractivity contribution in [2.75, 3.05) is 16.4 Å². The Morgan fingerprint density at radius 3 is 2.39 bits per heavy atom. The highest BCUT2D eigenvalue weighted by atomic mass is 32.2. The van der Waals surface area contributed by atoms with Gasteiger partial charge in [-0.15, -0.1) is 10.2 Å². The summed E-state index contributed by atoms with van der Waals surface area (Å²) in [5, 5.41) is 25.1. The van der Waals surface area contributed by atoms with Gasteiger partial charge in [-0.2, -0.15) is 5.26 Å². The van der Waals surface area contributed by atoms with Crippen molar-refractivity contribution in [3.8, 4) is 28.5 Å². The van der Waals surface area contributed by atoms with E-state index in [4.69, 9.17) is 4.42 Å². The number of furan rings is 1. The van der Waals surface area contributed by atoms with Crippen molar-refractivity contribution in [2.45, 2.75) is 18.2 Å². The zero-order chi connectivity index (χ0) is 26.5. The Bertz CT molecular complexity index is 1620. The van der Waals surface area contributed by atoms with Crippen LogP contribution in [-0.4, -0.2) is 21.9 Å². The Hall–Kier alpha value is -4.39. The third kappa shape index (κ3) is 5.47. The van der Waals surface area contributed by atoms with E-state index in [1.165, 1.54) is 28.7 Å². The number of nitrogens with zero attached hydrogens (tertiary/aromatic N) is 3. The lowest BCUT2D eigenvalue weighted by molar-refractivity contribution is -0.113. The van der Waals surface area contributed by atoms with Crippen LogP contribution in [0.4, 0.5) is 16.7 Å². The number of aryl methyl sites for hydroxylation is 1. The highest BCUT2D eigenvalue weighted by Gasteiger charge is 2.24. The Morgan fingerprint density at radius 1 is 0.974 bits per heavy atom. The van der Waals surface area contributed by atoms with E-state index in [1.54, 1.807) is 0 Å². The lowest BCUT2D eigenvalue weighted by atomic mass is 9.98. The van der Waals surface area contributed by atoms with Gasteiger partial charge in [0.25, 0.3) is 0 Å². The van der Waals surface area contributed by atoms with Gasteiger partial charge in [0, 0.05) is 16.8 Å². The maximum atomic E-state index is 12.9. The number of rotatable bonds is 8. The SMILES string of the molecule is Cc1cccc(Nc2nnc(SCC(=O)Nc3oc(-c4ccccc4)c(-c4ccccc4)c3C#N)s2)c1C. The summed E-state index contributed by atoms with van der Waals surface area (Å²) < 4.78 is 6.75. The first-order chi connectivity index (χ1) is 18.5. The maximum absolute atomic E-state index is 12.9. The van der Waals surface area contributed by atoms with Crippen LogP contribution < -0.4 is 10.6 Å². The van der Waals surface area contributed by atoms with Gasteiger partial charge in [0.05, 0.1) is 5.75 Å². The molecule has 1 amide bonds. The second-order valence-electron chi connectivity index (χ2n) is 8.44. The second kappa shape index (κ2) is 11.3. The van der Waals surface area contributed by atoms with E-state index in [0.717, 1.165) is 22.4 Å². The molecule has 2 aromatic heterocycles. The van der Waals surface area contributed by atoms with Crippen LogP contribution in [0.15, 0.2) is 87.6 Å². The fourth-order valence-corrected chi connectivity index (χ4v) is 5.47. The molecule has 188 valence electrons. The smallest absolute Gasteiger partial charge is 0.237 e. The molecule has 0 aliphatic rings. The summed E-state index contributed by atoms with van der Waals surface area (Å²) in [4.78, 5) is 12.9. The van der Waals surface area contributed by atoms with E-state index in [9.17, 15) is 10.1 Å². The topological polar surface area (TPSA) is 104 Å². The number of amides is 1. The zero-order valence-electron chi connectivity index (χ0n) is 20.7. The van der Waals surface area contributed by atoms with Crippen LogP contribution in [0.25, 0.3) is 22.5 Å². The molecule has 3 aromatic carbocycles. The van der Waals surface area contributed by atoms with Gasteiger partial charge in [-0.05, 0) is 36.6 Å². The number of benzene rings is 3. The molecular weight excluding hydrogens is 514 g/mol. The van der Waals surface area contributed by atoms with Crippen molar-refractivity contribution < 1.29 is 9.21 Å². The van der Waals surface area contributed by atoms with Gasteiger partial charge in [-0.3, -0.25) is 10.1 Å². The summed E-state index contributed by atoms with van der Waals surface area (Å²) in [5.41, 5.74) is 5.88. The normalized spacial score (nSPS) is 10.7. The van der Waals surface area contributed by atoms with Gasteiger partial charge in [0.1, 0.15) is 17.4 Å². The molecule has 0 unspecified atom stereocenters. The summed E-state index contributed by atoms with van der Waals surface area (Å²) in [6.07, 6.45) is 0. The Kier molecular flexibility index (Phi) is 7.54. The molecule has 0 spiro atoms. The number of hydrogen-bond donors (Lipinski definition) is 2. The van der Waals surface area contributed by atoms with Crippen LogP contribution in [0.1, 0.15) is 16.7 Å². The van der Waals surface area contributed by atoms with Crippen molar-refractivity contribution in [3.05, 3.63) is 95.6 Å². The number of carbonyl (C=O) groups excluding carboxylic acids is 1. The minimum atomic E-state index is -0.307. The van der Waals surface area contributed by atoms with Crippen molar-refractivity contribution in [1.29, 1.82) is 5.26 Å². The van der Waals surface area contributed by atoms with Crippen LogP contribution >= 0.6 is 23.1 Å². The highest BCUT2D eigenvalue weighted by molar-refractivity contribution is 8.01. The van der Waals surface area contributed by atoms with Crippen molar-refractivity contribution in [3.63, 3.8) is 0 Å². The summed E-state index contributed by atoms with van der Waals surface area (Å²) in [7, 11) is 0. The molecule has 0 bridgehead atoms. The summed E-state index contributed by atoms with van der Waals surface area (Å²) in [5.74, 6) is 0.442. The molecule has 7 nitrogen and oxygen atoms in total. The molecule has 0 saturated heterocycles. The molecule has 2 N–H and O–H groups in total. The average Bonchev–Trinajstić information content (AvgIpc) is 3.55. The molecule has 9 heteroatoms. The molecule has 5 aromatic rings. The lowest BCUT2D eigenvalue weighted by Gasteiger charge is -2.08. The van der Waals surface area contributed by atoms with Crippen LogP contribution in [0.2, 0.25) is 0 Å². The quantitative estimate of drug-likeness (QED) is 0.198. The molecule has 0 aliphatic heterocycles. The standard InChI is InChI=1S/C29H23N5O2S2/c1-18-10-9-15-23(19(18)2)31-28-33-34-29(38-28)37-17-24(35)32-27-22(16-30)25(20-11-5-3-6-12-20)26(36-27)21-13-7-4-8-14-21/h3-15H,17H2,1-2H3,(H,31,33)(H,32,35). The number of nitrogens with one attached hydrogen (secondary N) is 2. The molecule has 0 aliphatic carbocycles. The summed E-state index contributed by atoms with van der Waals surface area (Å²) in [6, 6.07) is 27.3. The van der Waals surface area contributed by atoms with Crippen LogP contribution in [0.3, 0.4) is 0 Å². The first-order valence-electron chi connectivity index (χ1n) is 11.8. The summed E-state index contributed by atoms with van der Waals surface area (Å²) in [6.45, 7) is 4.11. The minimum absolute atomic E-state index is 0.0883. The number of carbonyl (C=O) groups is 1. The fraction of sp³-hybridized carbons (Fsp3) is 0.103. The molecule has 38 heavy (non-hydrogen) atoms. The number of thioether (sulfide) groups is 1. The summed E-state index contributed by atoms with van der Waals surface area (Å²) >= 11 is 2.65. The van der Waals surface area contributed by atoms with Crippen LogP contribution in [0, 0.1) is 25.2 Å². The monoisotopic (exact) mass is 537 g/mol. The van der Waals surface area contributed by atoms with Crippen molar-refractivity contribution in [1.82, 2.24) is 10.2 Å². The predicted molar refractivity (Wildman–Crippen MR) is 153 cm³/mol. The Morgan fingerprint density at radius 2 is 1.68 bits per heavy atom. The van der Waals surface area contributed by atoms with Crippen LogP contribution in [0.5, 0.6) is 0 Å². The molecule has 5 rings (SSSR count). The lowest BCUT2D eigenvalue weighted by Crippen LogP contribution is -2.14. The van der Waals surface area contributed by atoms with Gasteiger partial charge >= 0.3 is 0 Å². The van der Waals surface area contributed by atoms with E-state index in [-0.39, 0.29) is 23.1 Å². The van der Waals surface area contributed by atoms with E-state index in [0.29, 0.717) is 20.8 Å². The first-order valence-corrected chi connectivity index (χ1v) is 13.6. The fourth-order valence-electron chi connectivity index (χ4n) is 3.91. The van der Waals surface area contributed by atoms with Gasteiger partial charge in [-0.1, -0.05) is 95.9 Å². The zero-order valence-corrected chi connectivity index (χ0v) is 22.3. The van der Waals surface area contributed by atoms with Crippen molar-refractivity contribution >= 4 is 45.7 Å². The van der Waals surface area contributed by atoms with Gasteiger partial charge in [-0.25, -0.2) is 0 Å². The Labute approximate surface area is 228 Å². The third-order valence-electron chi connectivity index (χ3n) is 5.95. The predicted octanol–water partition coefficient (Wildman–Crippen LogP) is 7.43. The minimum Gasteiger partial charge on any atom is -0.438 e.